The van der Waals surface area contributed by atoms with Gasteiger partial charge in [-0.05, 0) is 48.9 Å². The summed E-state index contributed by atoms with van der Waals surface area (Å²) in [6.45, 7) is 4.15. The fourth-order valence-corrected chi connectivity index (χ4v) is 3.98. The second-order valence-corrected chi connectivity index (χ2v) is 7.00. The van der Waals surface area contributed by atoms with Gasteiger partial charge in [-0.2, -0.15) is 0 Å². The van der Waals surface area contributed by atoms with Crippen LogP contribution in [0.25, 0.3) is 0 Å². The monoisotopic (exact) mass is 316 g/mol. The first-order chi connectivity index (χ1) is 10.5. The fourth-order valence-electron chi connectivity index (χ4n) is 3.46. The number of carbonyl (C=O) groups is 1. The Morgan fingerprint density at radius 2 is 2.36 bits per heavy atom. The molecular weight excluding hydrogens is 296 g/mol. The lowest BCUT2D eigenvalue weighted by atomic mass is 9.75. The molecule has 0 bridgehead atoms. The van der Waals surface area contributed by atoms with Gasteiger partial charge in [-0.1, -0.05) is 19.4 Å². The van der Waals surface area contributed by atoms with Crippen LogP contribution in [0.15, 0.2) is 29.8 Å². The van der Waals surface area contributed by atoms with Gasteiger partial charge in [0.1, 0.15) is 5.75 Å². The number of hydrogen-bond acceptors (Lipinski definition) is 4. The summed E-state index contributed by atoms with van der Waals surface area (Å²) in [5.74, 6) is 0.403. The first kappa shape index (κ1) is 15.0. The molecule has 22 heavy (non-hydrogen) atoms. The zero-order valence-corrected chi connectivity index (χ0v) is 13.6. The smallest absolute Gasteiger partial charge is 0.233 e. The minimum absolute atomic E-state index is 0.0107. The topological polar surface area (TPSA) is 62.2 Å². The lowest BCUT2D eigenvalue weighted by Gasteiger charge is -2.30. The summed E-state index contributed by atoms with van der Waals surface area (Å²) in [5.41, 5.74) is 1.77. The van der Waals surface area contributed by atoms with Gasteiger partial charge in [-0.15, -0.1) is 11.3 Å². The van der Waals surface area contributed by atoms with Crippen molar-refractivity contribution in [3.05, 3.63) is 40.9 Å². The molecule has 4 nitrogen and oxygen atoms in total. The van der Waals surface area contributed by atoms with Crippen LogP contribution in [0.4, 0.5) is 5.13 Å². The van der Waals surface area contributed by atoms with Crippen molar-refractivity contribution in [2.24, 2.45) is 5.41 Å². The maximum atomic E-state index is 12.9. The Hall–Kier alpha value is -1.88. The van der Waals surface area contributed by atoms with Gasteiger partial charge in [0.05, 0.1) is 5.41 Å². The predicted octanol–water partition coefficient (Wildman–Crippen LogP) is 3.93. The Morgan fingerprint density at radius 1 is 1.55 bits per heavy atom. The number of phenols is 1. The van der Waals surface area contributed by atoms with Crippen LogP contribution >= 0.6 is 11.3 Å². The Kier molecular flexibility index (Phi) is 3.91. The number of thiazole rings is 1. The van der Waals surface area contributed by atoms with Crippen LogP contribution in [0.2, 0.25) is 0 Å². The molecule has 1 amide bonds. The first-order valence-electron chi connectivity index (χ1n) is 7.57. The molecule has 1 aliphatic rings. The van der Waals surface area contributed by atoms with Crippen LogP contribution < -0.4 is 5.32 Å². The summed E-state index contributed by atoms with van der Waals surface area (Å²) in [6, 6.07) is 5.46. The number of aromatic nitrogens is 1. The molecule has 0 aliphatic heterocycles. The molecule has 1 aliphatic carbocycles. The summed E-state index contributed by atoms with van der Waals surface area (Å²) < 4.78 is 0. The highest BCUT2D eigenvalue weighted by molar-refractivity contribution is 7.13. The van der Waals surface area contributed by atoms with E-state index in [0.29, 0.717) is 11.6 Å². The molecule has 0 fully saturated rings. The fraction of sp³-hybridized carbons (Fsp3) is 0.412. The Labute approximate surface area is 134 Å². The van der Waals surface area contributed by atoms with Crippen LogP contribution in [0.1, 0.15) is 43.7 Å². The molecule has 1 aromatic heterocycles. The van der Waals surface area contributed by atoms with Crippen LogP contribution in [-0.4, -0.2) is 16.0 Å². The van der Waals surface area contributed by atoms with E-state index >= 15 is 0 Å². The van der Waals surface area contributed by atoms with Gasteiger partial charge in [-0.3, -0.25) is 4.79 Å². The molecule has 0 spiro atoms. The van der Waals surface area contributed by atoms with E-state index in [9.17, 15) is 9.90 Å². The van der Waals surface area contributed by atoms with E-state index in [1.54, 1.807) is 12.3 Å². The Balaban J connectivity index is 1.93. The maximum absolute atomic E-state index is 12.9. The van der Waals surface area contributed by atoms with Gasteiger partial charge < -0.3 is 10.4 Å². The summed E-state index contributed by atoms with van der Waals surface area (Å²) in [4.78, 5) is 17.0. The molecule has 2 aromatic rings. The number of aromatic hydroxyl groups is 1. The minimum atomic E-state index is -0.502. The molecule has 0 saturated heterocycles. The Bertz CT molecular complexity index is 684. The van der Waals surface area contributed by atoms with E-state index in [0.717, 1.165) is 24.0 Å². The molecule has 5 heteroatoms. The van der Waals surface area contributed by atoms with E-state index in [2.05, 4.69) is 17.2 Å². The van der Waals surface area contributed by atoms with Crippen LogP contribution in [0, 0.1) is 5.41 Å². The Morgan fingerprint density at radius 3 is 3.05 bits per heavy atom. The normalized spacial score (nSPS) is 23.3. The second-order valence-electron chi connectivity index (χ2n) is 6.11. The van der Waals surface area contributed by atoms with Crippen molar-refractivity contribution in [2.75, 3.05) is 5.32 Å². The summed E-state index contributed by atoms with van der Waals surface area (Å²) in [7, 11) is 0. The minimum Gasteiger partial charge on any atom is -0.508 e. The number of amides is 1. The van der Waals surface area contributed by atoms with E-state index in [4.69, 9.17) is 0 Å². The molecule has 1 aromatic carbocycles. The van der Waals surface area contributed by atoms with Crippen molar-refractivity contribution in [1.82, 2.24) is 4.98 Å². The van der Waals surface area contributed by atoms with E-state index in [-0.39, 0.29) is 17.6 Å². The highest BCUT2D eigenvalue weighted by Gasteiger charge is 2.47. The standard InChI is InChI=1S/C17H20N2O2S/c1-3-4-14-13-9-12(20)6-5-11(13)10-17(14,2)15(21)19-16-18-7-8-22-16/h5-9,14,20H,3-4,10H2,1-2H3,(H,18,19,21)/t14-,17+/m1/s1. The van der Waals surface area contributed by atoms with Crippen LogP contribution in [0.5, 0.6) is 5.75 Å². The number of phenolic OH excluding ortho intramolecular Hbond substituents is 1. The van der Waals surface area contributed by atoms with Gasteiger partial charge in [0.2, 0.25) is 5.91 Å². The van der Waals surface area contributed by atoms with Crippen molar-refractivity contribution >= 4 is 22.4 Å². The summed E-state index contributed by atoms with van der Waals surface area (Å²) in [5, 5.41) is 15.2. The van der Waals surface area contributed by atoms with Crippen molar-refractivity contribution in [2.45, 2.75) is 39.0 Å². The lowest BCUT2D eigenvalue weighted by molar-refractivity contribution is -0.125. The SMILES string of the molecule is CCC[C@@H]1c2cc(O)ccc2C[C@]1(C)C(=O)Nc1nccs1. The second kappa shape index (κ2) is 5.72. The lowest BCUT2D eigenvalue weighted by Crippen LogP contribution is -2.37. The molecule has 0 radical (unpaired) electrons. The first-order valence-corrected chi connectivity index (χ1v) is 8.45. The number of rotatable bonds is 4. The van der Waals surface area contributed by atoms with E-state index < -0.39 is 5.41 Å². The van der Waals surface area contributed by atoms with Gasteiger partial charge in [-0.25, -0.2) is 4.98 Å². The van der Waals surface area contributed by atoms with Gasteiger partial charge in [0, 0.05) is 11.6 Å². The highest BCUT2D eigenvalue weighted by atomic mass is 32.1. The molecule has 0 saturated carbocycles. The quantitative estimate of drug-likeness (QED) is 0.898. The third-order valence-electron chi connectivity index (χ3n) is 4.58. The number of nitrogens with one attached hydrogen (secondary N) is 1. The number of fused-ring (bicyclic) bond motifs is 1. The molecular formula is C17H20N2O2S. The average molecular weight is 316 g/mol. The third-order valence-corrected chi connectivity index (χ3v) is 5.27. The highest BCUT2D eigenvalue weighted by Crippen LogP contribution is 2.50. The van der Waals surface area contributed by atoms with Crippen molar-refractivity contribution < 1.29 is 9.90 Å². The number of anilines is 1. The zero-order chi connectivity index (χ0) is 15.7. The van der Waals surface area contributed by atoms with Gasteiger partial charge in [0.25, 0.3) is 0 Å². The van der Waals surface area contributed by atoms with Crippen LogP contribution in [-0.2, 0) is 11.2 Å². The van der Waals surface area contributed by atoms with E-state index in [1.165, 1.54) is 11.3 Å². The molecule has 116 valence electrons. The molecule has 1 heterocycles. The summed E-state index contributed by atoms with van der Waals surface area (Å²) in [6.07, 6.45) is 4.32. The number of hydrogen-bond donors (Lipinski definition) is 2. The van der Waals surface area contributed by atoms with Crippen molar-refractivity contribution in [1.29, 1.82) is 0 Å². The number of carbonyl (C=O) groups excluding carboxylic acids is 1. The van der Waals surface area contributed by atoms with Crippen molar-refractivity contribution in [3.8, 4) is 5.75 Å². The molecule has 2 N–H and O–H groups in total. The molecule has 2 atom stereocenters. The maximum Gasteiger partial charge on any atom is 0.233 e. The van der Waals surface area contributed by atoms with Crippen molar-refractivity contribution in [3.63, 3.8) is 0 Å². The zero-order valence-electron chi connectivity index (χ0n) is 12.8. The van der Waals surface area contributed by atoms with Gasteiger partial charge >= 0.3 is 0 Å². The van der Waals surface area contributed by atoms with Crippen LogP contribution in [0.3, 0.4) is 0 Å². The molecule has 3 rings (SSSR count). The number of benzene rings is 1. The third kappa shape index (κ3) is 2.50. The largest absolute Gasteiger partial charge is 0.508 e. The van der Waals surface area contributed by atoms with E-state index in [1.807, 2.05) is 24.4 Å². The molecule has 0 unspecified atom stereocenters. The average Bonchev–Trinajstić information content (AvgIpc) is 3.08. The predicted molar refractivity (Wildman–Crippen MR) is 88.3 cm³/mol. The summed E-state index contributed by atoms with van der Waals surface area (Å²) >= 11 is 1.43. The number of nitrogens with zero attached hydrogens (tertiary/aromatic N) is 1. The van der Waals surface area contributed by atoms with Gasteiger partial charge in [0.15, 0.2) is 5.13 Å².